The van der Waals surface area contributed by atoms with Crippen molar-refractivity contribution in [3.05, 3.63) is 29.1 Å². The highest BCUT2D eigenvalue weighted by atomic mass is 15.2. The molecule has 0 radical (unpaired) electrons. The summed E-state index contributed by atoms with van der Waals surface area (Å²) in [6.07, 6.45) is 6.54. The molecule has 120 valence electrons. The Hall–Kier alpha value is -2.91. The van der Waals surface area contributed by atoms with Crippen LogP contribution in [0.3, 0.4) is 0 Å². The van der Waals surface area contributed by atoms with Crippen LogP contribution in [0.25, 0.3) is 0 Å². The molecule has 1 saturated carbocycles. The molecule has 3 atom stereocenters. The Balaban J connectivity index is 2.29. The lowest BCUT2D eigenvalue weighted by molar-refractivity contribution is 0.319. The van der Waals surface area contributed by atoms with Crippen molar-refractivity contribution in [2.75, 3.05) is 0 Å². The van der Waals surface area contributed by atoms with Gasteiger partial charge in [0.1, 0.15) is 5.92 Å². The third-order valence-electron chi connectivity index (χ3n) is 5.31. The molecule has 1 aromatic rings. The second-order valence-corrected chi connectivity index (χ2v) is 6.57. The van der Waals surface area contributed by atoms with Crippen LogP contribution in [0.15, 0.2) is 17.8 Å². The van der Waals surface area contributed by atoms with E-state index in [4.69, 9.17) is 5.41 Å². The van der Waals surface area contributed by atoms with E-state index in [9.17, 15) is 15.8 Å². The van der Waals surface area contributed by atoms with Gasteiger partial charge in [-0.1, -0.05) is 6.08 Å². The van der Waals surface area contributed by atoms with Gasteiger partial charge in [0.25, 0.3) is 0 Å². The second kappa shape index (κ2) is 5.62. The number of nitrogens with one attached hydrogen (secondary N) is 1. The summed E-state index contributed by atoms with van der Waals surface area (Å²) in [5.41, 5.74) is 0.800. The van der Waals surface area contributed by atoms with E-state index in [2.05, 4.69) is 23.3 Å². The number of nitrogens with zero attached hydrogens (tertiary/aromatic N) is 5. The third-order valence-corrected chi connectivity index (χ3v) is 5.31. The Morgan fingerprint density at radius 2 is 2.04 bits per heavy atom. The Bertz CT molecular complexity index is 840. The molecule has 6 heteroatoms. The smallest absolute Gasteiger partial charge is 0.189 e. The number of rotatable bonds is 1. The Kier molecular flexibility index (Phi) is 3.74. The Labute approximate surface area is 141 Å². The summed E-state index contributed by atoms with van der Waals surface area (Å²) >= 11 is 0. The van der Waals surface area contributed by atoms with Crippen molar-refractivity contribution in [3.63, 3.8) is 0 Å². The molecular weight excluding hydrogens is 300 g/mol. The summed E-state index contributed by atoms with van der Waals surface area (Å²) in [5, 5.41) is 42.2. The van der Waals surface area contributed by atoms with Gasteiger partial charge in [-0.05, 0) is 43.2 Å². The first-order valence-corrected chi connectivity index (χ1v) is 8.01. The predicted octanol–water partition coefficient (Wildman–Crippen LogP) is 2.75. The van der Waals surface area contributed by atoms with Gasteiger partial charge >= 0.3 is 0 Å². The SMILES string of the molecule is Cc1nn(C)cc1[C@@H]1[C@@H]2CCCC=C2[C@H](C#N)C(=N)C1(C#N)C#N. The fourth-order valence-corrected chi connectivity index (χ4v) is 4.28. The molecule has 0 aromatic carbocycles. The maximum absolute atomic E-state index is 9.88. The van der Waals surface area contributed by atoms with E-state index in [1.807, 2.05) is 19.2 Å². The molecule has 24 heavy (non-hydrogen) atoms. The molecule has 0 unspecified atom stereocenters. The lowest BCUT2D eigenvalue weighted by Gasteiger charge is -2.45. The van der Waals surface area contributed by atoms with Crippen LogP contribution < -0.4 is 0 Å². The molecule has 2 aliphatic carbocycles. The number of hydrogen-bond acceptors (Lipinski definition) is 5. The van der Waals surface area contributed by atoms with Crippen molar-refractivity contribution in [2.45, 2.75) is 32.1 Å². The molecular formula is C18H18N6. The Morgan fingerprint density at radius 3 is 2.58 bits per heavy atom. The molecule has 2 aliphatic rings. The zero-order valence-corrected chi connectivity index (χ0v) is 13.7. The molecule has 6 nitrogen and oxygen atoms in total. The number of aromatic nitrogens is 2. The minimum atomic E-state index is -1.62. The van der Waals surface area contributed by atoms with Gasteiger partial charge in [-0.15, -0.1) is 0 Å². The molecule has 1 heterocycles. The fraction of sp³-hybridized carbons (Fsp3) is 0.500. The number of hydrogen-bond donors (Lipinski definition) is 1. The van der Waals surface area contributed by atoms with Gasteiger partial charge in [-0.2, -0.15) is 20.9 Å². The molecule has 0 bridgehead atoms. The van der Waals surface area contributed by atoms with Gasteiger partial charge in [-0.25, -0.2) is 0 Å². The summed E-state index contributed by atoms with van der Waals surface area (Å²) in [6, 6.07) is 6.35. The monoisotopic (exact) mass is 318 g/mol. The zero-order valence-electron chi connectivity index (χ0n) is 13.7. The van der Waals surface area contributed by atoms with Crippen LogP contribution in [0.1, 0.15) is 36.4 Å². The molecule has 0 spiro atoms. The quantitative estimate of drug-likeness (QED) is 0.802. The molecule has 0 amide bonds. The molecule has 1 N–H and O–H groups in total. The highest BCUT2D eigenvalue weighted by Gasteiger charge is 2.57. The van der Waals surface area contributed by atoms with Crippen molar-refractivity contribution >= 4 is 5.71 Å². The van der Waals surface area contributed by atoms with E-state index in [0.29, 0.717) is 0 Å². The van der Waals surface area contributed by atoms with E-state index in [1.54, 1.807) is 11.7 Å². The highest BCUT2D eigenvalue weighted by Crippen LogP contribution is 2.55. The van der Waals surface area contributed by atoms with E-state index in [1.165, 1.54) is 0 Å². The highest BCUT2D eigenvalue weighted by molar-refractivity contribution is 6.00. The molecule has 1 aromatic heterocycles. The van der Waals surface area contributed by atoms with Crippen molar-refractivity contribution in [1.82, 2.24) is 9.78 Å². The largest absolute Gasteiger partial charge is 0.305 e. The van der Waals surface area contributed by atoms with Crippen LogP contribution in [0.2, 0.25) is 0 Å². The minimum absolute atomic E-state index is 0.0697. The van der Waals surface area contributed by atoms with Crippen molar-refractivity contribution in [1.29, 1.82) is 21.2 Å². The van der Waals surface area contributed by atoms with E-state index in [-0.39, 0.29) is 11.6 Å². The van der Waals surface area contributed by atoms with E-state index in [0.717, 1.165) is 36.1 Å². The van der Waals surface area contributed by atoms with Gasteiger partial charge in [0.2, 0.25) is 0 Å². The van der Waals surface area contributed by atoms with Crippen molar-refractivity contribution < 1.29 is 0 Å². The minimum Gasteiger partial charge on any atom is -0.305 e. The summed E-state index contributed by atoms with van der Waals surface area (Å²) in [4.78, 5) is 0. The first kappa shape index (κ1) is 16.0. The summed E-state index contributed by atoms with van der Waals surface area (Å²) < 4.78 is 1.68. The normalized spacial score (nSPS) is 28.0. The molecule has 0 saturated heterocycles. The van der Waals surface area contributed by atoms with Gasteiger partial charge < -0.3 is 5.41 Å². The van der Waals surface area contributed by atoms with Crippen LogP contribution in [-0.2, 0) is 7.05 Å². The van der Waals surface area contributed by atoms with E-state index < -0.39 is 17.3 Å². The zero-order chi connectivity index (χ0) is 17.5. The number of aryl methyl sites for hydroxylation is 2. The van der Waals surface area contributed by atoms with Gasteiger partial charge in [0.05, 0.1) is 29.6 Å². The topological polar surface area (TPSA) is 113 Å². The average molecular weight is 318 g/mol. The van der Waals surface area contributed by atoms with Crippen LogP contribution >= 0.6 is 0 Å². The standard InChI is InChI=1S/C18H18N6/c1-11-15(8-24(2)23-11)16-13-6-4-3-5-12(13)14(7-19)17(22)18(16,9-20)10-21/h5,8,13-14,16,22H,3-4,6H2,1-2H3/t13-,14+,16+/m1/s1. The third kappa shape index (κ3) is 1.99. The number of nitriles is 3. The average Bonchev–Trinajstić information content (AvgIpc) is 2.92. The molecule has 3 rings (SSSR count). The number of allylic oxidation sites excluding steroid dienone is 2. The lowest BCUT2D eigenvalue weighted by Crippen LogP contribution is -2.48. The van der Waals surface area contributed by atoms with Gasteiger partial charge in [0.15, 0.2) is 5.41 Å². The van der Waals surface area contributed by atoms with Gasteiger partial charge in [-0.3, -0.25) is 4.68 Å². The van der Waals surface area contributed by atoms with Crippen LogP contribution in [0.5, 0.6) is 0 Å². The van der Waals surface area contributed by atoms with E-state index >= 15 is 0 Å². The van der Waals surface area contributed by atoms with Crippen molar-refractivity contribution in [2.24, 2.45) is 24.3 Å². The first-order chi connectivity index (χ1) is 11.5. The van der Waals surface area contributed by atoms with Crippen LogP contribution in [0.4, 0.5) is 0 Å². The summed E-state index contributed by atoms with van der Waals surface area (Å²) in [6.45, 7) is 1.86. The maximum atomic E-state index is 9.88. The van der Waals surface area contributed by atoms with Crippen molar-refractivity contribution in [3.8, 4) is 18.2 Å². The lowest BCUT2D eigenvalue weighted by atomic mass is 9.53. The second-order valence-electron chi connectivity index (χ2n) is 6.57. The predicted molar refractivity (Wildman–Crippen MR) is 86.6 cm³/mol. The van der Waals surface area contributed by atoms with Crippen LogP contribution in [0, 0.1) is 63.6 Å². The summed E-state index contributed by atoms with van der Waals surface area (Å²) in [5.74, 6) is -1.30. The molecule has 0 aliphatic heterocycles. The van der Waals surface area contributed by atoms with Gasteiger partial charge in [0, 0.05) is 19.2 Å². The first-order valence-electron chi connectivity index (χ1n) is 8.01. The fourth-order valence-electron chi connectivity index (χ4n) is 4.28. The van der Waals surface area contributed by atoms with Crippen LogP contribution in [-0.4, -0.2) is 15.5 Å². The molecule has 1 fully saturated rings. The maximum Gasteiger partial charge on any atom is 0.189 e. The number of fused-ring (bicyclic) bond motifs is 1. The summed E-state index contributed by atoms with van der Waals surface area (Å²) in [7, 11) is 1.81. The Morgan fingerprint density at radius 1 is 1.33 bits per heavy atom.